The third-order valence-electron chi connectivity index (χ3n) is 5.48. The molecule has 1 aliphatic heterocycles. The van der Waals surface area contributed by atoms with E-state index in [1.165, 1.54) is 6.42 Å². The van der Waals surface area contributed by atoms with Crippen LogP contribution < -0.4 is 4.74 Å². The number of thioether (sulfide) groups is 1. The topological polar surface area (TPSA) is 79.6 Å². The second kappa shape index (κ2) is 15.8. The predicted octanol–water partition coefficient (Wildman–Crippen LogP) is 7.57. The number of ether oxygens (including phenoxy) is 2. The van der Waals surface area contributed by atoms with Crippen LogP contribution >= 0.6 is 11.8 Å². The molecule has 0 fully saturated rings. The first kappa shape index (κ1) is 28.2. The van der Waals surface area contributed by atoms with Crippen LogP contribution in [0.25, 0.3) is 0 Å². The minimum atomic E-state index is -0.537. The molecule has 6 heteroatoms. The van der Waals surface area contributed by atoms with Gasteiger partial charge in [0.15, 0.2) is 0 Å². The molecule has 0 saturated carbocycles. The van der Waals surface area contributed by atoms with Crippen LogP contribution in [0.2, 0.25) is 0 Å². The number of allylic oxidation sites excluding steroid dienone is 7. The molecule has 2 N–H and O–H groups in total. The zero-order valence-corrected chi connectivity index (χ0v) is 21.8. The van der Waals surface area contributed by atoms with E-state index in [0.717, 1.165) is 67.2 Å². The Morgan fingerprint density at radius 1 is 1.20 bits per heavy atom. The number of phenols is 1. The van der Waals surface area contributed by atoms with E-state index in [-0.39, 0.29) is 16.4 Å². The van der Waals surface area contributed by atoms with Crippen LogP contribution in [0.15, 0.2) is 71.4 Å². The summed E-state index contributed by atoms with van der Waals surface area (Å²) in [5.41, 5.74) is 1.78. The van der Waals surface area contributed by atoms with E-state index in [4.69, 9.17) is 14.9 Å². The van der Waals surface area contributed by atoms with Gasteiger partial charge < -0.3 is 14.6 Å². The maximum Gasteiger partial charge on any atom is 0.345 e. The Bertz CT molecular complexity index is 1020. The second-order valence-electron chi connectivity index (χ2n) is 8.17. The number of aryl methyl sites for hydroxylation is 1. The summed E-state index contributed by atoms with van der Waals surface area (Å²) in [7, 11) is 1.65. The monoisotopic (exact) mass is 495 g/mol. The van der Waals surface area contributed by atoms with Gasteiger partial charge in [0, 0.05) is 5.56 Å². The van der Waals surface area contributed by atoms with Gasteiger partial charge in [-0.25, -0.2) is 4.79 Å². The summed E-state index contributed by atoms with van der Waals surface area (Å²) in [6.07, 6.45) is 20.7. The summed E-state index contributed by atoms with van der Waals surface area (Å²) in [6.45, 7) is 4.24. The van der Waals surface area contributed by atoms with Crippen LogP contribution in [-0.4, -0.2) is 23.2 Å². The summed E-state index contributed by atoms with van der Waals surface area (Å²) >= 11 is 1.16. The number of esters is 1. The van der Waals surface area contributed by atoms with Crippen molar-refractivity contribution in [2.45, 2.75) is 65.2 Å². The van der Waals surface area contributed by atoms with Crippen molar-refractivity contribution in [3.8, 4) is 11.5 Å². The largest absolute Gasteiger partial charge is 0.508 e. The zero-order valence-electron chi connectivity index (χ0n) is 21.0. The Balaban J connectivity index is 1.92. The number of unbranched alkanes of at least 4 members (excludes halogenated alkanes) is 3. The summed E-state index contributed by atoms with van der Waals surface area (Å²) < 4.78 is 10.9. The molecule has 1 aliphatic rings. The molecule has 0 aliphatic carbocycles. The van der Waals surface area contributed by atoms with E-state index in [9.17, 15) is 9.90 Å². The first-order chi connectivity index (χ1) is 17.0. The van der Waals surface area contributed by atoms with E-state index in [0.29, 0.717) is 12.2 Å². The van der Waals surface area contributed by atoms with Gasteiger partial charge in [0.1, 0.15) is 22.3 Å². The fourth-order valence-corrected chi connectivity index (χ4v) is 4.10. The first-order valence-electron chi connectivity index (χ1n) is 12.2. The van der Waals surface area contributed by atoms with Crippen LogP contribution in [0.3, 0.4) is 0 Å². The van der Waals surface area contributed by atoms with Gasteiger partial charge in [0.25, 0.3) is 0 Å². The van der Waals surface area contributed by atoms with Crippen molar-refractivity contribution in [2.75, 3.05) is 7.11 Å². The van der Waals surface area contributed by atoms with E-state index in [2.05, 4.69) is 13.8 Å². The van der Waals surface area contributed by atoms with Gasteiger partial charge in [0.05, 0.1) is 12.7 Å². The second-order valence-corrected chi connectivity index (χ2v) is 9.09. The molecule has 0 bridgehead atoms. The van der Waals surface area contributed by atoms with Gasteiger partial charge in [-0.05, 0) is 67.4 Å². The van der Waals surface area contributed by atoms with E-state index >= 15 is 0 Å². The lowest BCUT2D eigenvalue weighted by Gasteiger charge is -2.11. The molecule has 5 nitrogen and oxygen atoms in total. The van der Waals surface area contributed by atoms with Crippen molar-refractivity contribution in [3.05, 3.63) is 82.5 Å². The van der Waals surface area contributed by atoms with Gasteiger partial charge >= 0.3 is 5.97 Å². The SMILES string of the molecule is CC/C=C\C(=CC/C=C/C=C/SC(=N)C1=CCc2cc(O)c(CCCCCC)cc2OC1=O)OC. The summed E-state index contributed by atoms with van der Waals surface area (Å²) in [4.78, 5) is 12.7. The van der Waals surface area contributed by atoms with Crippen LogP contribution in [0.5, 0.6) is 11.5 Å². The number of methoxy groups -OCH3 is 1. The van der Waals surface area contributed by atoms with Gasteiger partial charge in [-0.15, -0.1) is 0 Å². The lowest BCUT2D eigenvalue weighted by atomic mass is 10.0. The average molecular weight is 496 g/mol. The molecule has 1 heterocycles. The maximum atomic E-state index is 12.7. The minimum absolute atomic E-state index is 0.128. The highest BCUT2D eigenvalue weighted by Gasteiger charge is 2.23. The molecule has 2 rings (SSSR count). The van der Waals surface area contributed by atoms with Crippen molar-refractivity contribution in [1.82, 2.24) is 0 Å². The number of phenolic OH excluding ortho intramolecular Hbond substituents is 1. The van der Waals surface area contributed by atoms with Gasteiger partial charge in [-0.1, -0.05) is 75.3 Å². The Morgan fingerprint density at radius 3 is 2.77 bits per heavy atom. The lowest BCUT2D eigenvalue weighted by Crippen LogP contribution is -2.15. The molecule has 0 unspecified atom stereocenters. The van der Waals surface area contributed by atoms with Crippen LogP contribution in [0, 0.1) is 5.41 Å². The molecule has 0 radical (unpaired) electrons. The van der Waals surface area contributed by atoms with Crippen molar-refractivity contribution in [3.63, 3.8) is 0 Å². The van der Waals surface area contributed by atoms with Gasteiger partial charge in [-0.2, -0.15) is 0 Å². The standard InChI is InChI=1S/C29H37NO4S/c1-4-6-8-11-14-22-21-27-23(20-26(22)31)17-18-25(29(32)34-27)28(30)35-19-13-10-9-12-16-24(33-3)15-7-5-2/h7,9-10,13,15-16,18-21,30-31H,4-6,8,11-12,14,17H2,1-3H3/b10-9+,15-7-,19-13+,24-16?,30-28?. The quantitative estimate of drug-likeness (QED) is 0.0561. The summed E-state index contributed by atoms with van der Waals surface area (Å²) in [6, 6.07) is 3.45. The van der Waals surface area contributed by atoms with Gasteiger partial charge in [-0.3, -0.25) is 5.41 Å². The fraction of sp³-hybridized carbons (Fsp3) is 0.379. The zero-order chi connectivity index (χ0) is 25.5. The number of hydrogen-bond acceptors (Lipinski definition) is 6. The molecule has 0 spiro atoms. The molecular formula is C29H37NO4S. The highest BCUT2D eigenvalue weighted by molar-refractivity contribution is 8.16. The van der Waals surface area contributed by atoms with Crippen molar-refractivity contribution < 1.29 is 19.4 Å². The highest BCUT2D eigenvalue weighted by Crippen LogP contribution is 2.33. The number of aromatic hydroxyl groups is 1. The molecule has 0 aromatic heterocycles. The molecule has 1 aromatic rings. The average Bonchev–Trinajstić information content (AvgIpc) is 3.00. The third-order valence-corrected chi connectivity index (χ3v) is 6.22. The third kappa shape index (κ3) is 9.65. The van der Waals surface area contributed by atoms with Crippen molar-refractivity contribution in [1.29, 1.82) is 5.41 Å². The van der Waals surface area contributed by atoms with Crippen LogP contribution in [-0.2, 0) is 22.4 Å². The number of rotatable bonds is 13. The molecule has 1 aromatic carbocycles. The van der Waals surface area contributed by atoms with E-state index in [1.54, 1.807) is 30.7 Å². The molecule has 0 atom stereocenters. The Hall–Kier alpha value is -2.99. The Kier molecular flexibility index (Phi) is 12.8. The highest BCUT2D eigenvalue weighted by atomic mass is 32.2. The number of carbonyl (C=O) groups is 1. The number of benzene rings is 1. The maximum absolute atomic E-state index is 12.7. The van der Waals surface area contributed by atoms with Crippen LogP contribution in [0.1, 0.15) is 63.5 Å². The molecule has 188 valence electrons. The normalized spacial score (nSPS) is 14.3. The number of hydrogen-bond donors (Lipinski definition) is 2. The first-order valence-corrected chi connectivity index (χ1v) is 13.1. The summed E-state index contributed by atoms with van der Waals surface area (Å²) in [5.74, 6) is 0.998. The van der Waals surface area contributed by atoms with Crippen LogP contribution in [0.4, 0.5) is 0 Å². The summed E-state index contributed by atoms with van der Waals surface area (Å²) in [5, 5.41) is 20.6. The Morgan fingerprint density at radius 2 is 2.03 bits per heavy atom. The van der Waals surface area contributed by atoms with Crippen molar-refractivity contribution >= 4 is 22.8 Å². The Labute approximate surface area is 213 Å². The van der Waals surface area contributed by atoms with E-state index in [1.807, 2.05) is 36.5 Å². The van der Waals surface area contributed by atoms with Crippen molar-refractivity contribution in [2.24, 2.45) is 0 Å². The number of carbonyl (C=O) groups excluding carboxylic acids is 1. The van der Waals surface area contributed by atoms with E-state index < -0.39 is 5.97 Å². The fourth-order valence-electron chi connectivity index (χ4n) is 3.50. The predicted molar refractivity (Wildman–Crippen MR) is 146 cm³/mol. The molecule has 0 saturated heterocycles. The molecule has 35 heavy (non-hydrogen) atoms. The minimum Gasteiger partial charge on any atom is -0.508 e. The lowest BCUT2D eigenvalue weighted by molar-refractivity contribution is -0.129. The molecular weight excluding hydrogens is 458 g/mol. The smallest absolute Gasteiger partial charge is 0.345 e. The van der Waals surface area contributed by atoms with Gasteiger partial charge in [0.2, 0.25) is 0 Å². The number of fused-ring (bicyclic) bond motifs is 1. The molecule has 0 amide bonds. The number of nitrogens with one attached hydrogen (secondary N) is 1.